The third-order valence-electron chi connectivity index (χ3n) is 9.83. The molecule has 1 aliphatic heterocycles. The van der Waals surface area contributed by atoms with Crippen LogP contribution in [0.3, 0.4) is 0 Å². The third-order valence-corrected chi connectivity index (χ3v) is 10.9. The molecule has 5 atom stereocenters. The average molecular weight is 600 g/mol. The second-order valence-corrected chi connectivity index (χ2v) is 13.7. The number of primary amides is 1. The first kappa shape index (κ1) is 29.6. The van der Waals surface area contributed by atoms with Crippen molar-refractivity contribution in [1.29, 1.82) is 0 Å². The number of amides is 1. The van der Waals surface area contributed by atoms with Gasteiger partial charge in [0.25, 0.3) is 0 Å². The molecule has 1 amide bonds. The van der Waals surface area contributed by atoms with E-state index in [1.165, 1.54) is 11.1 Å². The Labute approximate surface area is 254 Å². The zero-order valence-corrected chi connectivity index (χ0v) is 26.2. The van der Waals surface area contributed by atoms with Crippen LogP contribution in [0.1, 0.15) is 39.0 Å². The Morgan fingerprint density at radius 1 is 1.14 bits per heavy atom. The number of carbonyl (C=O) groups excluding carboxylic acids is 2. The molecular weight excluding hydrogens is 562 g/mol. The van der Waals surface area contributed by atoms with E-state index in [0.717, 1.165) is 29.9 Å². The molecule has 6 rings (SSSR count). The van der Waals surface area contributed by atoms with Crippen molar-refractivity contribution in [2.75, 3.05) is 33.1 Å². The molecule has 0 spiro atoms. The zero-order valence-electron chi connectivity index (χ0n) is 25.0. The molecule has 2 aromatic carbocycles. The van der Waals surface area contributed by atoms with Crippen molar-refractivity contribution in [2.24, 2.45) is 17.6 Å². The van der Waals surface area contributed by atoms with E-state index in [2.05, 4.69) is 33.8 Å². The van der Waals surface area contributed by atoms with E-state index in [1.54, 1.807) is 25.1 Å². The number of hydrogen-bond donors (Lipinski definition) is 4. The maximum absolute atomic E-state index is 14.3. The molecule has 43 heavy (non-hydrogen) atoms. The molecule has 4 aliphatic rings. The number of Topliss-reactive ketones (excluding diaryl/α,β-unsaturated/α-hetero) is 1. The molecule has 0 bridgehead atoms. The number of nitrogens with two attached hydrogens (primary N) is 1. The minimum atomic E-state index is -1.30. The summed E-state index contributed by atoms with van der Waals surface area (Å²) in [6.45, 7) is 2.22. The van der Waals surface area contributed by atoms with Crippen LogP contribution in [0.15, 0.2) is 53.0 Å². The molecule has 0 fully saturated rings. The fourth-order valence-corrected chi connectivity index (χ4v) is 8.66. The summed E-state index contributed by atoms with van der Waals surface area (Å²) in [6.07, 6.45) is 0.859. The van der Waals surface area contributed by atoms with Crippen molar-refractivity contribution in [3.05, 3.63) is 80.8 Å². The van der Waals surface area contributed by atoms with Gasteiger partial charge in [0.15, 0.2) is 0 Å². The summed E-state index contributed by atoms with van der Waals surface area (Å²) in [4.78, 5) is 32.8. The summed E-state index contributed by atoms with van der Waals surface area (Å²) < 4.78 is 0. The van der Waals surface area contributed by atoms with Gasteiger partial charge in [-0.2, -0.15) is 0 Å². The van der Waals surface area contributed by atoms with Gasteiger partial charge in [-0.1, -0.05) is 24.3 Å². The Morgan fingerprint density at radius 2 is 1.77 bits per heavy atom. The fraction of sp³-hybridized carbons (Fsp3) is 0.406. The average Bonchev–Trinajstić information content (AvgIpc) is 3.32. The molecule has 2 aromatic rings. The zero-order chi connectivity index (χ0) is 31.1. The van der Waals surface area contributed by atoms with Gasteiger partial charge in [-0.3, -0.25) is 0 Å². The molecule has 0 saturated heterocycles. The van der Waals surface area contributed by atoms with Gasteiger partial charge in [-0.25, -0.2) is 0 Å². The van der Waals surface area contributed by atoms with Gasteiger partial charge in [-0.05, 0) is 11.1 Å². The van der Waals surface area contributed by atoms with Crippen molar-refractivity contribution in [2.45, 2.75) is 43.7 Å². The Kier molecular flexibility index (Phi) is 7.11. The standard InChI is InChI=1S/C32H38BN4O5P/c1-35(2)25-18(14-37-12-15-7-5-6-8-16(15)13-37)11-21(38)23-19(25)9-17-10-20-26(36(3)4)28(40)24(31(34)42)29(33)32(20,43)30(41)22(17)27(23)39/h5-8,11,17,20,26,33,38,40-41H,9-10,12-14,43H2,1-4H3,(H2,34,42)/t17-,20-,26-,32+/m0/s1. The van der Waals surface area contributed by atoms with Crippen LogP contribution in [-0.2, 0) is 30.8 Å². The van der Waals surface area contributed by atoms with Crippen LogP contribution in [0.2, 0.25) is 0 Å². The molecule has 0 saturated carbocycles. The summed E-state index contributed by atoms with van der Waals surface area (Å²) >= 11 is 0. The summed E-state index contributed by atoms with van der Waals surface area (Å²) in [7, 11) is 14.2. The van der Waals surface area contributed by atoms with E-state index in [1.807, 2.05) is 31.1 Å². The van der Waals surface area contributed by atoms with Crippen molar-refractivity contribution in [3.8, 4) is 5.75 Å². The first-order chi connectivity index (χ1) is 20.3. The number of anilines is 1. The van der Waals surface area contributed by atoms with E-state index < -0.39 is 28.8 Å². The number of aromatic hydroxyl groups is 1. The first-order valence-electron chi connectivity index (χ1n) is 14.5. The number of benzene rings is 2. The van der Waals surface area contributed by atoms with Crippen molar-refractivity contribution < 1.29 is 24.9 Å². The van der Waals surface area contributed by atoms with Crippen molar-refractivity contribution in [1.82, 2.24) is 9.80 Å². The topological polar surface area (TPSA) is 131 Å². The second kappa shape index (κ2) is 10.3. The van der Waals surface area contributed by atoms with Crippen LogP contribution in [-0.4, -0.2) is 89.1 Å². The maximum atomic E-state index is 14.3. The third kappa shape index (κ3) is 4.29. The summed E-state index contributed by atoms with van der Waals surface area (Å²) in [5, 5.41) is 33.2. The monoisotopic (exact) mass is 600 g/mol. The molecule has 3 aliphatic carbocycles. The van der Waals surface area contributed by atoms with E-state index in [-0.39, 0.29) is 45.4 Å². The molecule has 11 heteroatoms. The van der Waals surface area contributed by atoms with E-state index in [9.17, 15) is 24.9 Å². The number of phenolic OH excluding ortho intramolecular Hbond substituents is 1. The van der Waals surface area contributed by atoms with E-state index in [0.29, 0.717) is 19.4 Å². The predicted molar refractivity (Wildman–Crippen MR) is 172 cm³/mol. The van der Waals surface area contributed by atoms with Gasteiger partial charge in [0, 0.05) is 0 Å². The van der Waals surface area contributed by atoms with Crippen LogP contribution in [0.5, 0.6) is 5.75 Å². The van der Waals surface area contributed by atoms with Crippen LogP contribution in [0.25, 0.3) is 0 Å². The molecule has 224 valence electrons. The number of ketones is 1. The number of aliphatic hydroxyl groups is 2. The normalized spacial score (nSPS) is 26.8. The van der Waals surface area contributed by atoms with Crippen molar-refractivity contribution >= 4 is 39.6 Å². The summed E-state index contributed by atoms with van der Waals surface area (Å²) in [5.74, 6) is -2.57. The number of likely N-dealkylation sites (N-methyl/N-ethyl adjacent to an activating group) is 1. The Bertz CT molecular complexity index is 1640. The van der Waals surface area contributed by atoms with Gasteiger partial charge >= 0.3 is 220 Å². The van der Waals surface area contributed by atoms with Crippen LogP contribution in [0, 0.1) is 11.8 Å². The Morgan fingerprint density at radius 3 is 2.33 bits per heavy atom. The van der Waals surface area contributed by atoms with Gasteiger partial charge < -0.3 is 0 Å². The molecule has 5 N–H and O–H groups in total. The van der Waals surface area contributed by atoms with Crippen LogP contribution >= 0.6 is 9.24 Å². The molecule has 0 aromatic heterocycles. The number of nitrogens with zero attached hydrogens (tertiary/aromatic N) is 3. The minimum absolute atomic E-state index is 0.111. The van der Waals surface area contributed by atoms with Gasteiger partial charge in [0.1, 0.15) is 0 Å². The van der Waals surface area contributed by atoms with E-state index >= 15 is 0 Å². The number of phenols is 1. The first-order valence-corrected chi connectivity index (χ1v) is 15.0. The van der Waals surface area contributed by atoms with Gasteiger partial charge in [-0.15, -0.1) is 0 Å². The van der Waals surface area contributed by atoms with Crippen LogP contribution in [0.4, 0.5) is 5.69 Å². The number of rotatable bonds is 5. The fourth-order valence-electron chi connectivity index (χ4n) is 8.04. The quantitative estimate of drug-likeness (QED) is 0.304. The molecule has 0 radical (unpaired) electrons. The van der Waals surface area contributed by atoms with E-state index in [4.69, 9.17) is 5.73 Å². The predicted octanol–water partition coefficient (Wildman–Crippen LogP) is 2.09. The number of aliphatic hydroxyl groups excluding tert-OH is 2. The number of allylic oxidation sites excluding steroid dienone is 2. The molecule has 9 nitrogen and oxygen atoms in total. The number of fused-ring (bicyclic) bond motifs is 4. The number of hydrogen-bond acceptors (Lipinski definition) is 8. The Hall–Kier alpha value is -3.46. The summed E-state index contributed by atoms with van der Waals surface area (Å²) in [5.41, 5.74) is 11.3. The SMILES string of the molecule is B=C1C(C(N)=O)=C(O)[C@@H](N(C)C)[C@@H]2C[C@@H]3Cc4c(c(O)cc(CN5Cc6ccccc6C5)c4N(C)C)C(=O)C3=C(O)[C@]12P. The van der Waals surface area contributed by atoms with Gasteiger partial charge in [0.05, 0.1) is 0 Å². The van der Waals surface area contributed by atoms with Crippen LogP contribution < -0.4 is 10.6 Å². The molecular formula is C32H38BN4O5P. The molecule has 1 unspecified atom stereocenters. The van der Waals surface area contributed by atoms with Gasteiger partial charge in [0.2, 0.25) is 0 Å². The Balaban J connectivity index is 1.46. The number of carbonyl (C=O) groups is 2. The molecule has 1 heterocycles. The second-order valence-electron chi connectivity index (χ2n) is 12.8. The van der Waals surface area contributed by atoms with Crippen molar-refractivity contribution in [3.63, 3.8) is 0 Å². The summed E-state index contributed by atoms with van der Waals surface area (Å²) in [6, 6.07) is 9.41.